The van der Waals surface area contributed by atoms with E-state index >= 15 is 0 Å². The molecule has 10 heteroatoms. The van der Waals surface area contributed by atoms with Crippen molar-refractivity contribution in [1.29, 1.82) is 0 Å². The first-order valence-corrected chi connectivity index (χ1v) is 7.80. The van der Waals surface area contributed by atoms with Gasteiger partial charge >= 0.3 is 0 Å². The topological polar surface area (TPSA) is 94.3 Å². The molecule has 0 atom stereocenters. The van der Waals surface area contributed by atoms with E-state index in [1.54, 1.807) is 37.1 Å². The fraction of sp³-hybridized carbons (Fsp3) is 0. The highest BCUT2D eigenvalue weighted by Gasteiger charge is 2.13. The van der Waals surface area contributed by atoms with Gasteiger partial charge in [-0.3, -0.25) is 0 Å². The van der Waals surface area contributed by atoms with E-state index in [1.165, 1.54) is 23.1 Å². The maximum atomic E-state index is 13.3. The minimum Gasteiger partial charge on any atom is -0.324 e. The molecule has 26 heavy (non-hydrogen) atoms. The lowest BCUT2D eigenvalue weighted by Crippen LogP contribution is -2.06. The molecule has 1 aromatic carbocycles. The van der Waals surface area contributed by atoms with Gasteiger partial charge in [0.25, 0.3) is 0 Å². The van der Waals surface area contributed by atoms with Crippen LogP contribution in [-0.4, -0.2) is 34.9 Å². The highest BCUT2D eigenvalue weighted by Crippen LogP contribution is 2.26. The van der Waals surface area contributed by atoms with Crippen LogP contribution in [0.3, 0.4) is 0 Å². The summed E-state index contributed by atoms with van der Waals surface area (Å²) in [7, 11) is 0. The zero-order chi connectivity index (χ0) is 17.9. The summed E-state index contributed by atoms with van der Waals surface area (Å²) in [6.07, 6.45) is 9.57. The second kappa shape index (κ2) is 6.81. The van der Waals surface area contributed by atoms with Gasteiger partial charge < -0.3 is 5.32 Å². The Labute approximate surface area is 151 Å². The number of rotatable bonds is 4. The molecule has 4 rings (SSSR count). The molecule has 0 spiro atoms. The number of benzene rings is 1. The molecule has 0 aliphatic heterocycles. The Morgan fingerprint density at radius 1 is 1.12 bits per heavy atom. The summed E-state index contributed by atoms with van der Waals surface area (Å²) in [5, 5.41) is 10.8. The van der Waals surface area contributed by atoms with E-state index in [2.05, 4.69) is 35.6 Å². The van der Waals surface area contributed by atoms with Gasteiger partial charge in [-0.1, -0.05) is 16.8 Å². The Balaban J connectivity index is 1.76. The molecular weight excluding hydrogens is 359 g/mol. The number of aromatic nitrogens is 7. The van der Waals surface area contributed by atoms with Gasteiger partial charge in [-0.05, 0) is 18.2 Å². The van der Waals surface area contributed by atoms with Gasteiger partial charge in [0.15, 0.2) is 5.82 Å². The third-order valence-electron chi connectivity index (χ3n) is 3.46. The van der Waals surface area contributed by atoms with Crippen LogP contribution in [0.1, 0.15) is 0 Å². The number of halogens is 2. The quantitative estimate of drug-likeness (QED) is 0.591. The first-order valence-electron chi connectivity index (χ1n) is 7.42. The van der Waals surface area contributed by atoms with Gasteiger partial charge in [-0.2, -0.15) is 4.98 Å². The van der Waals surface area contributed by atoms with Crippen LogP contribution in [0.15, 0.2) is 55.5 Å². The molecule has 0 fully saturated rings. The summed E-state index contributed by atoms with van der Waals surface area (Å²) in [4.78, 5) is 16.8. The minimum atomic E-state index is -0.499. The number of hydrogen-bond acceptors (Lipinski definition) is 7. The van der Waals surface area contributed by atoms with Crippen molar-refractivity contribution in [2.75, 3.05) is 5.32 Å². The SMILES string of the molecule is Fc1ccc(Nc2ncc(-c3cncnc3)c(-n3ccnn3)n2)cc1Cl. The second-order valence-corrected chi connectivity index (χ2v) is 5.57. The van der Waals surface area contributed by atoms with Gasteiger partial charge in [0.2, 0.25) is 5.95 Å². The first-order chi connectivity index (χ1) is 12.7. The zero-order valence-corrected chi connectivity index (χ0v) is 13.8. The van der Waals surface area contributed by atoms with Crippen LogP contribution in [0.4, 0.5) is 16.0 Å². The molecule has 0 unspecified atom stereocenters. The van der Waals surface area contributed by atoms with Crippen LogP contribution in [0.5, 0.6) is 0 Å². The van der Waals surface area contributed by atoms with Crippen molar-refractivity contribution in [2.24, 2.45) is 0 Å². The lowest BCUT2D eigenvalue weighted by Gasteiger charge is -2.11. The van der Waals surface area contributed by atoms with Crippen molar-refractivity contribution >= 4 is 23.2 Å². The molecule has 0 radical (unpaired) electrons. The van der Waals surface area contributed by atoms with E-state index in [4.69, 9.17) is 11.6 Å². The lowest BCUT2D eigenvalue weighted by molar-refractivity contribution is 0.628. The Morgan fingerprint density at radius 3 is 2.69 bits per heavy atom. The van der Waals surface area contributed by atoms with E-state index in [0.717, 1.165) is 5.56 Å². The normalized spacial score (nSPS) is 10.7. The molecule has 0 saturated carbocycles. The maximum Gasteiger partial charge on any atom is 0.229 e. The van der Waals surface area contributed by atoms with E-state index in [-0.39, 0.29) is 5.02 Å². The number of anilines is 2. The largest absolute Gasteiger partial charge is 0.324 e. The third kappa shape index (κ3) is 3.20. The molecule has 0 aliphatic rings. The molecule has 8 nitrogen and oxygen atoms in total. The van der Waals surface area contributed by atoms with Crippen LogP contribution in [-0.2, 0) is 0 Å². The molecule has 3 heterocycles. The van der Waals surface area contributed by atoms with Crippen LogP contribution in [0, 0.1) is 5.82 Å². The zero-order valence-electron chi connectivity index (χ0n) is 13.1. The summed E-state index contributed by atoms with van der Waals surface area (Å²) in [6.45, 7) is 0. The number of nitrogens with one attached hydrogen (secondary N) is 1. The first kappa shape index (κ1) is 16.0. The summed E-state index contributed by atoms with van der Waals surface area (Å²) >= 11 is 5.81. The van der Waals surface area contributed by atoms with Crippen molar-refractivity contribution in [1.82, 2.24) is 34.9 Å². The van der Waals surface area contributed by atoms with Crippen LogP contribution < -0.4 is 5.32 Å². The second-order valence-electron chi connectivity index (χ2n) is 5.16. The Hall–Kier alpha value is -3.46. The number of nitrogens with zero attached hydrogens (tertiary/aromatic N) is 7. The van der Waals surface area contributed by atoms with Gasteiger partial charge in [-0.15, -0.1) is 5.10 Å². The van der Waals surface area contributed by atoms with Gasteiger partial charge in [0.1, 0.15) is 12.1 Å². The monoisotopic (exact) mass is 368 g/mol. The van der Waals surface area contributed by atoms with Crippen LogP contribution >= 0.6 is 11.6 Å². The molecule has 3 aromatic heterocycles. The van der Waals surface area contributed by atoms with Crippen molar-refractivity contribution in [2.45, 2.75) is 0 Å². The van der Waals surface area contributed by atoms with Crippen molar-refractivity contribution in [3.63, 3.8) is 0 Å². The molecule has 4 aromatic rings. The van der Waals surface area contributed by atoms with Crippen LogP contribution in [0.25, 0.3) is 16.9 Å². The molecule has 1 N–H and O–H groups in total. The molecule has 0 bridgehead atoms. The molecule has 0 saturated heterocycles. The van der Waals surface area contributed by atoms with Crippen molar-refractivity contribution in [3.05, 3.63) is 66.4 Å². The summed E-state index contributed by atoms with van der Waals surface area (Å²) < 4.78 is 14.8. The summed E-state index contributed by atoms with van der Waals surface area (Å²) in [5.41, 5.74) is 1.96. The average Bonchev–Trinajstić information content (AvgIpc) is 3.20. The average molecular weight is 369 g/mol. The Morgan fingerprint density at radius 2 is 1.96 bits per heavy atom. The Kier molecular flexibility index (Phi) is 4.20. The predicted molar refractivity (Wildman–Crippen MR) is 92.7 cm³/mol. The fourth-order valence-corrected chi connectivity index (χ4v) is 2.45. The Bertz CT molecular complexity index is 1040. The fourth-order valence-electron chi connectivity index (χ4n) is 2.27. The lowest BCUT2D eigenvalue weighted by atomic mass is 10.2. The predicted octanol–water partition coefficient (Wildman–Crippen LogP) is 3.05. The molecule has 128 valence electrons. The van der Waals surface area contributed by atoms with Gasteiger partial charge in [0.05, 0.1) is 17.4 Å². The minimum absolute atomic E-state index is 0.00422. The molecule has 0 aliphatic carbocycles. The van der Waals surface area contributed by atoms with Gasteiger partial charge in [0, 0.05) is 35.4 Å². The van der Waals surface area contributed by atoms with Crippen molar-refractivity contribution in [3.8, 4) is 16.9 Å². The van der Waals surface area contributed by atoms with Crippen LogP contribution in [0.2, 0.25) is 5.02 Å². The van der Waals surface area contributed by atoms with E-state index in [0.29, 0.717) is 23.0 Å². The van der Waals surface area contributed by atoms with E-state index in [1.807, 2.05) is 0 Å². The maximum absolute atomic E-state index is 13.3. The third-order valence-corrected chi connectivity index (χ3v) is 3.75. The summed E-state index contributed by atoms with van der Waals surface area (Å²) in [6, 6.07) is 4.26. The standard InChI is InChI=1S/C16H10ClFN8/c17-13-5-11(1-2-14(13)18)23-16-21-8-12(10-6-19-9-20-7-10)15(24-16)26-4-3-22-25-26/h1-9H,(H,21,23,24). The highest BCUT2D eigenvalue weighted by atomic mass is 35.5. The molecule has 0 amide bonds. The summed E-state index contributed by atoms with van der Waals surface area (Å²) in [5.74, 6) is 0.280. The van der Waals surface area contributed by atoms with E-state index in [9.17, 15) is 4.39 Å². The van der Waals surface area contributed by atoms with Crippen molar-refractivity contribution < 1.29 is 4.39 Å². The highest BCUT2D eigenvalue weighted by molar-refractivity contribution is 6.31. The number of hydrogen-bond donors (Lipinski definition) is 1. The van der Waals surface area contributed by atoms with Gasteiger partial charge in [-0.25, -0.2) is 24.0 Å². The van der Waals surface area contributed by atoms with E-state index < -0.39 is 5.82 Å². The smallest absolute Gasteiger partial charge is 0.229 e. The molecular formula is C16H10ClFN8.